The Morgan fingerprint density at radius 1 is 1.22 bits per heavy atom. The molecule has 2 rings (SSSR count). The van der Waals surface area contributed by atoms with E-state index < -0.39 is 0 Å². The smallest absolute Gasteiger partial charge is 0.340 e. The molecule has 0 spiro atoms. The first-order valence-electron chi connectivity index (χ1n) is 7.76. The molecule has 0 aliphatic rings. The highest BCUT2D eigenvalue weighted by molar-refractivity contribution is 5.96. The largest absolute Gasteiger partial charge is 0.462 e. The Morgan fingerprint density at radius 2 is 2.00 bits per heavy atom. The highest BCUT2D eigenvalue weighted by atomic mass is 16.5. The predicted octanol–water partition coefficient (Wildman–Crippen LogP) is 3.53. The molecule has 0 unspecified atom stereocenters. The van der Waals surface area contributed by atoms with E-state index in [2.05, 4.69) is 27.5 Å². The number of para-hydroxylation sites is 1. The molecular weight excluding hydrogens is 292 g/mol. The maximum absolute atomic E-state index is 12.0. The molecule has 2 N–H and O–H groups in total. The number of carbonyl (C=O) groups is 1. The van der Waals surface area contributed by atoms with Crippen molar-refractivity contribution < 1.29 is 9.53 Å². The molecule has 0 radical (unpaired) electrons. The second kappa shape index (κ2) is 8.12. The first kappa shape index (κ1) is 16.7. The third kappa shape index (κ3) is 4.67. The van der Waals surface area contributed by atoms with E-state index in [0.29, 0.717) is 29.6 Å². The van der Waals surface area contributed by atoms with Crippen LogP contribution in [0.3, 0.4) is 0 Å². The van der Waals surface area contributed by atoms with Crippen LogP contribution >= 0.6 is 0 Å². The van der Waals surface area contributed by atoms with Gasteiger partial charge in [-0.1, -0.05) is 19.1 Å². The quantitative estimate of drug-likeness (QED) is 0.761. The van der Waals surface area contributed by atoms with E-state index in [1.54, 1.807) is 19.1 Å². The first-order valence-corrected chi connectivity index (χ1v) is 7.76. The number of carbonyl (C=O) groups excluding carboxylic acids is 1. The van der Waals surface area contributed by atoms with Crippen molar-refractivity contribution >= 4 is 23.4 Å². The molecule has 6 nitrogen and oxygen atoms in total. The molecule has 1 aromatic heterocycles. The zero-order valence-corrected chi connectivity index (χ0v) is 13.7. The number of hydrogen-bond acceptors (Lipinski definition) is 6. The van der Waals surface area contributed by atoms with Crippen LogP contribution in [0.4, 0.5) is 17.5 Å². The lowest BCUT2D eigenvalue weighted by atomic mass is 10.2. The second-order valence-corrected chi connectivity index (χ2v) is 5.04. The molecule has 23 heavy (non-hydrogen) atoms. The minimum absolute atomic E-state index is 0.338. The molecule has 122 valence electrons. The second-order valence-electron chi connectivity index (χ2n) is 5.04. The summed E-state index contributed by atoms with van der Waals surface area (Å²) in [6, 6.07) is 9.04. The number of esters is 1. The molecular formula is C17H22N4O2. The van der Waals surface area contributed by atoms with Crippen molar-refractivity contribution in [3.8, 4) is 0 Å². The van der Waals surface area contributed by atoms with Gasteiger partial charge in [-0.05, 0) is 32.4 Å². The van der Waals surface area contributed by atoms with Crippen molar-refractivity contribution in [2.75, 3.05) is 23.8 Å². The number of ether oxygens (including phenoxy) is 1. The van der Waals surface area contributed by atoms with Gasteiger partial charge in [0.1, 0.15) is 5.82 Å². The number of hydrogen-bond donors (Lipinski definition) is 2. The van der Waals surface area contributed by atoms with Crippen molar-refractivity contribution in [2.45, 2.75) is 27.2 Å². The summed E-state index contributed by atoms with van der Waals surface area (Å²) in [7, 11) is 0. The monoisotopic (exact) mass is 314 g/mol. The average Bonchev–Trinajstić information content (AvgIpc) is 2.53. The number of rotatable bonds is 7. The molecule has 0 amide bonds. The Kier molecular flexibility index (Phi) is 5.91. The van der Waals surface area contributed by atoms with Crippen LogP contribution in [0.2, 0.25) is 0 Å². The highest BCUT2D eigenvalue weighted by Gasteiger charge is 2.12. The minimum Gasteiger partial charge on any atom is -0.462 e. The van der Waals surface area contributed by atoms with Crippen LogP contribution in [0.5, 0.6) is 0 Å². The Balaban J connectivity index is 2.25. The SMILES string of the molecule is CCCNc1nc(C)cc(Nc2ccccc2C(=O)OCC)n1. The van der Waals surface area contributed by atoms with Crippen LogP contribution in [-0.2, 0) is 4.74 Å². The third-order valence-electron chi connectivity index (χ3n) is 3.07. The van der Waals surface area contributed by atoms with Crippen molar-refractivity contribution in [3.05, 3.63) is 41.6 Å². The fourth-order valence-corrected chi connectivity index (χ4v) is 2.07. The number of nitrogens with one attached hydrogen (secondary N) is 2. The Labute approximate surface area is 136 Å². The van der Waals surface area contributed by atoms with Crippen molar-refractivity contribution in [1.82, 2.24) is 9.97 Å². The molecule has 0 aliphatic carbocycles. The molecule has 0 saturated heterocycles. The zero-order valence-electron chi connectivity index (χ0n) is 13.7. The van der Waals surface area contributed by atoms with Gasteiger partial charge in [0, 0.05) is 18.3 Å². The van der Waals surface area contributed by atoms with E-state index in [1.165, 1.54) is 0 Å². The van der Waals surface area contributed by atoms with Gasteiger partial charge >= 0.3 is 5.97 Å². The lowest BCUT2D eigenvalue weighted by Crippen LogP contribution is -2.10. The van der Waals surface area contributed by atoms with E-state index in [0.717, 1.165) is 18.7 Å². The van der Waals surface area contributed by atoms with Gasteiger partial charge in [0.2, 0.25) is 5.95 Å². The normalized spacial score (nSPS) is 10.2. The summed E-state index contributed by atoms with van der Waals surface area (Å²) >= 11 is 0. The van der Waals surface area contributed by atoms with E-state index in [1.807, 2.05) is 25.1 Å². The van der Waals surface area contributed by atoms with Crippen LogP contribution in [0.25, 0.3) is 0 Å². The van der Waals surface area contributed by atoms with Gasteiger partial charge in [-0.2, -0.15) is 4.98 Å². The van der Waals surface area contributed by atoms with E-state index in [4.69, 9.17) is 4.74 Å². The molecule has 0 saturated carbocycles. The number of nitrogens with zero attached hydrogens (tertiary/aromatic N) is 2. The van der Waals surface area contributed by atoms with Gasteiger partial charge < -0.3 is 15.4 Å². The summed E-state index contributed by atoms with van der Waals surface area (Å²) in [5.41, 5.74) is 1.98. The van der Waals surface area contributed by atoms with Gasteiger partial charge in [-0.3, -0.25) is 0 Å². The lowest BCUT2D eigenvalue weighted by molar-refractivity contribution is 0.0527. The van der Waals surface area contributed by atoms with Crippen LogP contribution in [0.1, 0.15) is 36.3 Å². The third-order valence-corrected chi connectivity index (χ3v) is 3.07. The summed E-state index contributed by atoms with van der Waals surface area (Å²) < 4.78 is 5.08. The lowest BCUT2D eigenvalue weighted by Gasteiger charge is -2.12. The zero-order chi connectivity index (χ0) is 16.7. The average molecular weight is 314 g/mol. The molecule has 1 aromatic carbocycles. The van der Waals surface area contributed by atoms with Gasteiger partial charge in [-0.15, -0.1) is 0 Å². The number of aryl methyl sites for hydroxylation is 1. The maximum Gasteiger partial charge on any atom is 0.340 e. The molecule has 0 fully saturated rings. The topological polar surface area (TPSA) is 76.1 Å². The molecule has 0 aliphatic heterocycles. The fraction of sp³-hybridized carbons (Fsp3) is 0.353. The van der Waals surface area contributed by atoms with Crippen LogP contribution in [0, 0.1) is 6.92 Å². The van der Waals surface area contributed by atoms with E-state index in [-0.39, 0.29) is 5.97 Å². The molecule has 2 aromatic rings. The number of anilines is 3. The summed E-state index contributed by atoms with van der Waals surface area (Å²) in [6.45, 7) is 6.92. The summed E-state index contributed by atoms with van der Waals surface area (Å²) in [5.74, 6) is 0.849. The minimum atomic E-state index is -0.356. The summed E-state index contributed by atoms with van der Waals surface area (Å²) in [5, 5.41) is 6.34. The van der Waals surface area contributed by atoms with Crippen molar-refractivity contribution in [3.63, 3.8) is 0 Å². The van der Waals surface area contributed by atoms with Gasteiger partial charge in [0.15, 0.2) is 0 Å². The van der Waals surface area contributed by atoms with E-state index in [9.17, 15) is 4.79 Å². The van der Waals surface area contributed by atoms with Crippen molar-refractivity contribution in [2.24, 2.45) is 0 Å². The summed E-state index contributed by atoms with van der Waals surface area (Å²) in [6.07, 6.45) is 0.992. The van der Waals surface area contributed by atoms with Crippen LogP contribution < -0.4 is 10.6 Å². The molecule has 1 heterocycles. The van der Waals surface area contributed by atoms with Gasteiger partial charge in [0.05, 0.1) is 17.9 Å². The van der Waals surface area contributed by atoms with E-state index >= 15 is 0 Å². The molecule has 6 heteroatoms. The van der Waals surface area contributed by atoms with Crippen LogP contribution in [-0.4, -0.2) is 29.1 Å². The maximum atomic E-state index is 12.0. The molecule has 0 bridgehead atoms. The first-order chi connectivity index (χ1) is 11.1. The summed E-state index contributed by atoms with van der Waals surface area (Å²) in [4.78, 5) is 20.8. The number of aromatic nitrogens is 2. The van der Waals surface area contributed by atoms with Crippen LogP contribution in [0.15, 0.2) is 30.3 Å². The van der Waals surface area contributed by atoms with Gasteiger partial charge in [-0.25, -0.2) is 9.78 Å². The number of benzene rings is 1. The standard InChI is InChI=1S/C17H22N4O2/c1-4-10-18-17-19-12(3)11-15(21-17)20-14-9-7-6-8-13(14)16(22)23-5-2/h6-9,11H,4-5,10H2,1-3H3,(H2,18,19,20,21). The Bertz CT molecular complexity index is 673. The van der Waals surface area contributed by atoms with Crippen molar-refractivity contribution in [1.29, 1.82) is 0 Å². The predicted molar refractivity (Wildman–Crippen MR) is 91.2 cm³/mol. The fourth-order valence-electron chi connectivity index (χ4n) is 2.07. The Hall–Kier alpha value is -2.63. The molecule has 0 atom stereocenters. The van der Waals surface area contributed by atoms with Gasteiger partial charge in [0.25, 0.3) is 0 Å². The Morgan fingerprint density at radius 3 is 2.74 bits per heavy atom. The highest BCUT2D eigenvalue weighted by Crippen LogP contribution is 2.21.